The van der Waals surface area contributed by atoms with Crippen molar-refractivity contribution in [3.05, 3.63) is 76.7 Å². The fourth-order valence-corrected chi connectivity index (χ4v) is 3.69. The Balaban J connectivity index is 1.46. The lowest BCUT2D eigenvalue weighted by Crippen LogP contribution is -2.28. The summed E-state index contributed by atoms with van der Waals surface area (Å²) >= 11 is 0. The zero-order valence-electron chi connectivity index (χ0n) is 19.5. The Hall–Kier alpha value is -3.41. The van der Waals surface area contributed by atoms with Crippen LogP contribution in [0.3, 0.4) is 0 Å². The van der Waals surface area contributed by atoms with Crippen molar-refractivity contribution in [2.24, 2.45) is 0 Å². The van der Waals surface area contributed by atoms with Crippen LogP contribution in [0.15, 0.2) is 48.5 Å². The molecule has 1 aliphatic rings. The number of nitrogens with one attached hydrogen (secondary N) is 2. The van der Waals surface area contributed by atoms with Crippen LogP contribution in [-0.2, 0) is 0 Å². The van der Waals surface area contributed by atoms with Crippen molar-refractivity contribution in [3.63, 3.8) is 0 Å². The van der Waals surface area contributed by atoms with Crippen molar-refractivity contribution in [3.8, 4) is 17.0 Å². The van der Waals surface area contributed by atoms with Gasteiger partial charge in [-0.25, -0.2) is 4.39 Å². The van der Waals surface area contributed by atoms with Crippen molar-refractivity contribution in [1.29, 1.82) is 0 Å². The minimum atomic E-state index is -0.270. The fraction of sp³-hybridized carbons (Fsp3) is 0.333. The Morgan fingerprint density at radius 1 is 1.15 bits per heavy atom. The third-order valence-electron chi connectivity index (χ3n) is 6.07. The van der Waals surface area contributed by atoms with Gasteiger partial charge in [-0.1, -0.05) is 6.92 Å². The molecule has 2 aromatic carbocycles. The number of amides is 1. The van der Waals surface area contributed by atoms with Gasteiger partial charge in [-0.05, 0) is 86.3 Å². The van der Waals surface area contributed by atoms with Crippen molar-refractivity contribution in [2.45, 2.75) is 45.6 Å². The zero-order chi connectivity index (χ0) is 23.5. The third kappa shape index (κ3) is 5.33. The van der Waals surface area contributed by atoms with E-state index in [4.69, 9.17) is 9.72 Å². The molecule has 4 rings (SSSR count). The number of benzene rings is 2. The summed E-state index contributed by atoms with van der Waals surface area (Å²) in [6, 6.07) is 13.9. The first-order chi connectivity index (χ1) is 15.9. The maximum atomic E-state index is 13.4. The number of pyridine rings is 1. The first kappa shape index (κ1) is 22.8. The van der Waals surface area contributed by atoms with Gasteiger partial charge in [0, 0.05) is 36.3 Å². The average Bonchev–Trinajstić information content (AvgIpc) is 3.64. The summed E-state index contributed by atoms with van der Waals surface area (Å²) in [7, 11) is 1.82. The van der Waals surface area contributed by atoms with Crippen molar-refractivity contribution < 1.29 is 13.9 Å². The average molecular weight is 448 g/mol. The molecule has 5 nitrogen and oxygen atoms in total. The first-order valence-electron chi connectivity index (χ1n) is 11.4. The Morgan fingerprint density at radius 3 is 2.55 bits per heavy atom. The predicted molar refractivity (Wildman–Crippen MR) is 129 cm³/mol. The molecule has 1 heterocycles. The van der Waals surface area contributed by atoms with E-state index in [0.717, 1.165) is 52.4 Å². The number of carbonyl (C=O) groups is 1. The number of carbonyl (C=O) groups excluding carboxylic acids is 1. The summed E-state index contributed by atoms with van der Waals surface area (Å²) in [6.07, 6.45) is 2.46. The lowest BCUT2D eigenvalue weighted by Gasteiger charge is -2.17. The molecule has 1 atom stereocenters. The molecule has 0 radical (unpaired) electrons. The van der Waals surface area contributed by atoms with Crippen LogP contribution in [0.2, 0.25) is 0 Å². The number of ether oxygens (including phenoxy) is 1. The van der Waals surface area contributed by atoms with E-state index in [0.29, 0.717) is 18.2 Å². The number of nitrogens with zero attached hydrogens (tertiary/aromatic N) is 1. The van der Waals surface area contributed by atoms with Gasteiger partial charge in [0.2, 0.25) is 0 Å². The molecular formula is C27H30FN3O2. The first-order valence-corrected chi connectivity index (χ1v) is 11.4. The summed E-state index contributed by atoms with van der Waals surface area (Å²) in [6.45, 7) is 6.56. The summed E-state index contributed by atoms with van der Waals surface area (Å²) < 4.78 is 19.3. The van der Waals surface area contributed by atoms with Crippen LogP contribution in [0.25, 0.3) is 11.3 Å². The molecule has 1 fully saturated rings. The smallest absolute Gasteiger partial charge is 0.251 e. The van der Waals surface area contributed by atoms with Gasteiger partial charge >= 0.3 is 0 Å². The van der Waals surface area contributed by atoms with E-state index >= 15 is 0 Å². The monoisotopic (exact) mass is 447 g/mol. The van der Waals surface area contributed by atoms with Crippen LogP contribution in [-0.4, -0.2) is 30.6 Å². The molecular weight excluding hydrogens is 417 g/mol. The van der Waals surface area contributed by atoms with Gasteiger partial charge in [-0.3, -0.25) is 9.78 Å². The molecule has 0 spiro atoms. The third-order valence-corrected chi connectivity index (χ3v) is 6.07. The van der Waals surface area contributed by atoms with Gasteiger partial charge in [-0.15, -0.1) is 0 Å². The second-order valence-corrected chi connectivity index (χ2v) is 8.73. The van der Waals surface area contributed by atoms with Crippen molar-refractivity contribution in [1.82, 2.24) is 10.3 Å². The van der Waals surface area contributed by atoms with Gasteiger partial charge in [0.15, 0.2) is 0 Å². The van der Waals surface area contributed by atoms with E-state index in [-0.39, 0.29) is 17.6 Å². The molecule has 172 valence electrons. The summed E-state index contributed by atoms with van der Waals surface area (Å²) in [5.41, 5.74) is 6.17. The molecule has 3 aromatic rings. The Kier molecular flexibility index (Phi) is 6.63. The van der Waals surface area contributed by atoms with Gasteiger partial charge in [0.1, 0.15) is 11.6 Å². The minimum Gasteiger partial charge on any atom is -0.488 e. The summed E-state index contributed by atoms with van der Waals surface area (Å²) in [4.78, 5) is 17.7. The molecule has 2 N–H and O–H groups in total. The normalized spacial score (nSPS) is 14.0. The van der Waals surface area contributed by atoms with Crippen LogP contribution in [0, 0.1) is 19.7 Å². The highest BCUT2D eigenvalue weighted by molar-refractivity contribution is 5.95. The second-order valence-electron chi connectivity index (χ2n) is 8.73. The number of hydrogen-bond acceptors (Lipinski definition) is 4. The van der Waals surface area contributed by atoms with E-state index in [1.54, 1.807) is 18.2 Å². The largest absolute Gasteiger partial charge is 0.488 e. The molecule has 6 heteroatoms. The van der Waals surface area contributed by atoms with Crippen LogP contribution in [0.1, 0.15) is 52.9 Å². The second kappa shape index (κ2) is 9.61. The minimum absolute atomic E-state index is 0.00805. The van der Waals surface area contributed by atoms with Crippen molar-refractivity contribution >= 4 is 11.6 Å². The Morgan fingerprint density at radius 2 is 1.88 bits per heavy atom. The maximum Gasteiger partial charge on any atom is 0.251 e. The molecule has 0 saturated heterocycles. The molecule has 0 aliphatic heterocycles. The number of aromatic nitrogens is 1. The molecule has 1 amide bonds. The highest BCUT2D eigenvalue weighted by Gasteiger charge is 2.25. The lowest BCUT2D eigenvalue weighted by molar-refractivity contribution is 0.0951. The number of hydrogen-bond donors (Lipinski definition) is 2. The van der Waals surface area contributed by atoms with E-state index in [1.807, 2.05) is 40.0 Å². The lowest BCUT2D eigenvalue weighted by atomic mass is 9.98. The summed E-state index contributed by atoms with van der Waals surface area (Å²) in [5.74, 6) is 0.374. The topological polar surface area (TPSA) is 63.2 Å². The van der Waals surface area contributed by atoms with E-state index in [2.05, 4.69) is 16.7 Å². The molecule has 0 bridgehead atoms. The Bertz CT molecular complexity index is 1160. The fourth-order valence-electron chi connectivity index (χ4n) is 3.69. The Labute approximate surface area is 194 Å². The quantitative estimate of drug-likeness (QED) is 0.470. The van der Waals surface area contributed by atoms with E-state index < -0.39 is 0 Å². The highest BCUT2D eigenvalue weighted by atomic mass is 19.1. The number of halogens is 1. The summed E-state index contributed by atoms with van der Waals surface area (Å²) in [5, 5.41) is 6.14. The molecule has 1 unspecified atom stereocenters. The molecule has 1 saturated carbocycles. The van der Waals surface area contributed by atoms with Crippen LogP contribution < -0.4 is 15.4 Å². The molecule has 1 aliphatic carbocycles. The van der Waals surface area contributed by atoms with Crippen molar-refractivity contribution in [2.75, 3.05) is 18.9 Å². The zero-order valence-corrected chi connectivity index (χ0v) is 19.5. The molecule has 33 heavy (non-hydrogen) atoms. The SMILES string of the molecule is CNc1cc(C(=O)NCC(C)c2cc(C)c(C)c(-c3ccc(F)cc3)n2)ccc1OC1CC1. The maximum absolute atomic E-state index is 13.4. The number of rotatable bonds is 8. The number of aryl methyl sites for hydroxylation is 1. The van der Waals surface area contributed by atoms with Crippen LogP contribution >= 0.6 is 0 Å². The van der Waals surface area contributed by atoms with Crippen LogP contribution in [0.4, 0.5) is 10.1 Å². The van der Waals surface area contributed by atoms with E-state index in [9.17, 15) is 9.18 Å². The van der Waals surface area contributed by atoms with Gasteiger partial charge in [0.05, 0.1) is 17.5 Å². The van der Waals surface area contributed by atoms with Gasteiger partial charge in [0.25, 0.3) is 5.91 Å². The van der Waals surface area contributed by atoms with E-state index in [1.165, 1.54) is 12.1 Å². The molecule has 1 aromatic heterocycles. The number of anilines is 1. The highest BCUT2D eigenvalue weighted by Crippen LogP contribution is 2.32. The standard InChI is InChI=1S/C27H30FN3O2/c1-16-13-23(31-26(18(16)3)19-5-8-21(28)9-6-19)17(2)15-30-27(32)20-7-12-25(24(14-20)29-4)33-22-10-11-22/h5-9,12-14,17,22,29H,10-11,15H2,1-4H3,(H,30,32). The predicted octanol–water partition coefficient (Wildman–Crippen LogP) is 5.62. The van der Waals surface area contributed by atoms with Gasteiger partial charge in [-0.2, -0.15) is 0 Å². The van der Waals surface area contributed by atoms with Crippen LogP contribution in [0.5, 0.6) is 5.75 Å². The van der Waals surface area contributed by atoms with Gasteiger partial charge < -0.3 is 15.4 Å².